The standard InChI is InChI=1S/C16H20FNO2/c1-12-6-8-18(9-7-12)11-14-4-2-13(10-15(14)17)3-5-16(19)20/h2-5,10,12H,6-9,11H2,1H3,(H,19,20). The van der Waals surface area contributed by atoms with Crippen molar-refractivity contribution in [2.24, 2.45) is 5.92 Å². The Morgan fingerprint density at radius 3 is 2.75 bits per heavy atom. The molecule has 0 atom stereocenters. The van der Waals surface area contributed by atoms with Crippen molar-refractivity contribution in [1.29, 1.82) is 0 Å². The molecule has 1 aromatic carbocycles. The summed E-state index contributed by atoms with van der Waals surface area (Å²) in [5.41, 5.74) is 1.24. The van der Waals surface area contributed by atoms with E-state index in [9.17, 15) is 9.18 Å². The fourth-order valence-corrected chi connectivity index (χ4v) is 2.42. The molecule has 0 saturated carbocycles. The summed E-state index contributed by atoms with van der Waals surface area (Å²) in [5, 5.41) is 8.55. The van der Waals surface area contributed by atoms with Crippen molar-refractivity contribution in [3.8, 4) is 0 Å². The van der Waals surface area contributed by atoms with Crippen LogP contribution in [0.15, 0.2) is 24.3 Å². The van der Waals surface area contributed by atoms with Crippen molar-refractivity contribution in [1.82, 2.24) is 4.90 Å². The van der Waals surface area contributed by atoms with Gasteiger partial charge in [0.15, 0.2) is 0 Å². The van der Waals surface area contributed by atoms with Crippen molar-refractivity contribution >= 4 is 12.0 Å². The van der Waals surface area contributed by atoms with Gasteiger partial charge in [0.2, 0.25) is 0 Å². The number of likely N-dealkylation sites (tertiary alicyclic amines) is 1. The van der Waals surface area contributed by atoms with Gasteiger partial charge in [0.25, 0.3) is 0 Å². The highest BCUT2D eigenvalue weighted by Gasteiger charge is 2.16. The second-order valence-corrected chi connectivity index (χ2v) is 5.48. The van der Waals surface area contributed by atoms with Crippen LogP contribution in [0.3, 0.4) is 0 Å². The molecular weight excluding hydrogens is 257 g/mol. The molecule has 3 nitrogen and oxygen atoms in total. The summed E-state index contributed by atoms with van der Waals surface area (Å²) < 4.78 is 14.0. The van der Waals surface area contributed by atoms with Crippen LogP contribution >= 0.6 is 0 Å². The average Bonchev–Trinajstić information content (AvgIpc) is 2.41. The summed E-state index contributed by atoms with van der Waals surface area (Å²) in [6.07, 6.45) is 4.75. The monoisotopic (exact) mass is 277 g/mol. The summed E-state index contributed by atoms with van der Waals surface area (Å²) in [6, 6.07) is 4.89. The Morgan fingerprint density at radius 2 is 2.15 bits per heavy atom. The van der Waals surface area contributed by atoms with Crippen LogP contribution in [0.1, 0.15) is 30.9 Å². The Balaban J connectivity index is 2.00. The van der Waals surface area contributed by atoms with E-state index in [4.69, 9.17) is 5.11 Å². The number of carboxylic acids is 1. The maximum Gasteiger partial charge on any atom is 0.328 e. The van der Waals surface area contributed by atoms with Crippen LogP contribution in [0, 0.1) is 11.7 Å². The Bertz CT molecular complexity index is 505. The largest absolute Gasteiger partial charge is 0.478 e. The number of halogens is 1. The van der Waals surface area contributed by atoms with Crippen molar-refractivity contribution < 1.29 is 14.3 Å². The molecule has 1 aromatic rings. The summed E-state index contributed by atoms with van der Waals surface area (Å²) >= 11 is 0. The van der Waals surface area contributed by atoms with Gasteiger partial charge >= 0.3 is 5.97 Å². The first kappa shape index (κ1) is 14.7. The molecule has 108 valence electrons. The third-order valence-corrected chi connectivity index (χ3v) is 3.77. The highest BCUT2D eigenvalue weighted by molar-refractivity contribution is 5.85. The Labute approximate surface area is 118 Å². The van der Waals surface area contributed by atoms with E-state index in [1.54, 1.807) is 12.1 Å². The molecule has 1 aliphatic heterocycles. The third-order valence-electron chi connectivity index (χ3n) is 3.77. The molecule has 0 unspecified atom stereocenters. The van der Waals surface area contributed by atoms with E-state index in [0.29, 0.717) is 17.7 Å². The number of nitrogens with zero attached hydrogens (tertiary/aromatic N) is 1. The highest BCUT2D eigenvalue weighted by Crippen LogP contribution is 2.20. The molecule has 1 saturated heterocycles. The maximum absolute atomic E-state index is 14.0. The van der Waals surface area contributed by atoms with Gasteiger partial charge in [-0.25, -0.2) is 9.18 Å². The number of hydrogen-bond acceptors (Lipinski definition) is 2. The van der Waals surface area contributed by atoms with Crippen molar-refractivity contribution in [2.75, 3.05) is 13.1 Å². The first-order valence-electron chi connectivity index (χ1n) is 6.96. The first-order chi connectivity index (χ1) is 9.54. The van der Waals surface area contributed by atoms with E-state index in [-0.39, 0.29) is 5.82 Å². The van der Waals surface area contributed by atoms with Crippen molar-refractivity contribution in [2.45, 2.75) is 26.3 Å². The number of carbonyl (C=O) groups is 1. The zero-order valence-corrected chi connectivity index (χ0v) is 11.7. The Kier molecular flexibility index (Phi) is 4.90. The predicted molar refractivity (Wildman–Crippen MR) is 76.7 cm³/mol. The quantitative estimate of drug-likeness (QED) is 0.859. The van der Waals surface area contributed by atoms with Crippen LogP contribution in [0.25, 0.3) is 6.08 Å². The van der Waals surface area contributed by atoms with Gasteiger partial charge in [-0.05, 0) is 49.6 Å². The number of rotatable bonds is 4. The normalized spacial score (nSPS) is 17.7. The van der Waals surface area contributed by atoms with Gasteiger partial charge in [0, 0.05) is 18.2 Å². The van der Waals surface area contributed by atoms with Crippen molar-refractivity contribution in [3.05, 3.63) is 41.2 Å². The van der Waals surface area contributed by atoms with E-state index in [1.807, 2.05) is 0 Å². The number of piperidine rings is 1. The summed E-state index contributed by atoms with van der Waals surface area (Å²) in [6.45, 7) is 4.91. The molecule has 0 aromatic heterocycles. The van der Waals surface area contributed by atoms with E-state index in [2.05, 4.69) is 11.8 Å². The summed E-state index contributed by atoms with van der Waals surface area (Å²) in [4.78, 5) is 12.7. The minimum atomic E-state index is -1.03. The van der Waals surface area contributed by atoms with Crippen molar-refractivity contribution in [3.63, 3.8) is 0 Å². The molecule has 0 aliphatic carbocycles. The van der Waals surface area contributed by atoms with Crippen LogP contribution in [-0.4, -0.2) is 29.1 Å². The van der Waals surface area contributed by atoms with Gasteiger partial charge in [0.05, 0.1) is 0 Å². The third kappa shape index (κ3) is 4.17. The van der Waals surface area contributed by atoms with E-state index in [0.717, 1.165) is 25.1 Å². The number of hydrogen-bond donors (Lipinski definition) is 1. The molecule has 1 heterocycles. The first-order valence-corrected chi connectivity index (χ1v) is 6.96. The fourth-order valence-electron chi connectivity index (χ4n) is 2.42. The predicted octanol–water partition coefficient (Wildman–Crippen LogP) is 3.16. The molecule has 0 amide bonds. The topological polar surface area (TPSA) is 40.5 Å². The minimum Gasteiger partial charge on any atom is -0.478 e. The Hall–Kier alpha value is -1.68. The lowest BCUT2D eigenvalue weighted by Gasteiger charge is -2.30. The molecule has 20 heavy (non-hydrogen) atoms. The van der Waals surface area contributed by atoms with E-state index in [1.165, 1.54) is 25.0 Å². The molecule has 1 fully saturated rings. The zero-order valence-electron chi connectivity index (χ0n) is 11.7. The second-order valence-electron chi connectivity index (χ2n) is 5.48. The van der Waals surface area contributed by atoms with E-state index >= 15 is 0 Å². The smallest absolute Gasteiger partial charge is 0.328 e. The van der Waals surface area contributed by atoms with Gasteiger partial charge in [0.1, 0.15) is 5.82 Å². The average molecular weight is 277 g/mol. The van der Waals surface area contributed by atoms with Crippen LogP contribution in [0.2, 0.25) is 0 Å². The maximum atomic E-state index is 14.0. The molecule has 1 N–H and O–H groups in total. The molecule has 1 aliphatic rings. The Morgan fingerprint density at radius 1 is 1.45 bits per heavy atom. The van der Waals surface area contributed by atoms with E-state index < -0.39 is 5.97 Å². The number of carboxylic acid groups (broad SMARTS) is 1. The lowest BCUT2D eigenvalue weighted by Crippen LogP contribution is -2.32. The van der Waals surface area contributed by atoms with Crippen LogP contribution < -0.4 is 0 Å². The lowest BCUT2D eigenvalue weighted by atomic mass is 9.98. The highest BCUT2D eigenvalue weighted by atomic mass is 19.1. The zero-order chi connectivity index (χ0) is 14.5. The molecule has 0 radical (unpaired) electrons. The molecule has 2 rings (SSSR count). The molecule has 0 spiro atoms. The molecular formula is C16H20FNO2. The van der Waals surface area contributed by atoms with Gasteiger partial charge < -0.3 is 5.11 Å². The second kappa shape index (κ2) is 6.66. The number of benzene rings is 1. The van der Waals surface area contributed by atoms with Crippen LogP contribution in [0.4, 0.5) is 4.39 Å². The van der Waals surface area contributed by atoms with Gasteiger partial charge in [-0.1, -0.05) is 19.1 Å². The molecule has 0 bridgehead atoms. The SMILES string of the molecule is CC1CCN(Cc2ccc(C=CC(=O)O)cc2F)CC1. The lowest BCUT2D eigenvalue weighted by molar-refractivity contribution is -0.131. The van der Waals surface area contributed by atoms with Crippen LogP contribution in [0.5, 0.6) is 0 Å². The van der Waals surface area contributed by atoms with Gasteiger partial charge in [-0.3, -0.25) is 4.90 Å². The number of aliphatic carboxylic acids is 1. The van der Waals surface area contributed by atoms with Gasteiger partial charge in [-0.15, -0.1) is 0 Å². The summed E-state index contributed by atoms with van der Waals surface area (Å²) in [7, 11) is 0. The summed E-state index contributed by atoms with van der Waals surface area (Å²) in [5.74, 6) is -0.535. The van der Waals surface area contributed by atoms with Crippen LogP contribution in [-0.2, 0) is 11.3 Å². The minimum absolute atomic E-state index is 0.267. The fraction of sp³-hybridized carbons (Fsp3) is 0.438. The van der Waals surface area contributed by atoms with Gasteiger partial charge in [-0.2, -0.15) is 0 Å². The molecule has 4 heteroatoms.